The Balaban J connectivity index is 1.51. The number of hydrogen-bond acceptors (Lipinski definition) is 5. The topological polar surface area (TPSA) is 105 Å². The number of hydrogen-bond donors (Lipinski definition) is 2. The number of para-hydroxylation sites is 1. The molecule has 168 valence electrons. The van der Waals surface area contributed by atoms with E-state index in [0.29, 0.717) is 13.1 Å². The molecule has 0 saturated heterocycles. The molecule has 0 unspecified atom stereocenters. The lowest BCUT2D eigenvalue weighted by molar-refractivity contribution is -0.384. The molecule has 2 N–H and O–H groups in total. The van der Waals surface area contributed by atoms with Gasteiger partial charge in [0.2, 0.25) is 5.91 Å². The number of amides is 2. The van der Waals surface area contributed by atoms with Crippen molar-refractivity contribution in [3.05, 3.63) is 99.4 Å². The maximum Gasteiger partial charge on any atom is 0.270 e. The molecular weight excluding hydrogens is 427 g/mol. The number of rotatable bonds is 6. The molecule has 8 nitrogen and oxygen atoms in total. The highest BCUT2D eigenvalue weighted by atomic mass is 19.1. The number of carbonyl (C=O) groups is 2. The predicted octanol–water partition coefficient (Wildman–Crippen LogP) is 3.98. The van der Waals surface area contributed by atoms with Gasteiger partial charge in [-0.25, -0.2) is 4.39 Å². The van der Waals surface area contributed by atoms with Crippen molar-refractivity contribution < 1.29 is 18.9 Å². The van der Waals surface area contributed by atoms with Gasteiger partial charge in [-0.05, 0) is 35.7 Å². The van der Waals surface area contributed by atoms with E-state index in [9.17, 15) is 24.1 Å². The van der Waals surface area contributed by atoms with E-state index in [1.807, 2.05) is 23.1 Å². The van der Waals surface area contributed by atoms with Gasteiger partial charge < -0.3 is 10.6 Å². The molecule has 0 fully saturated rings. The Morgan fingerprint density at radius 1 is 0.970 bits per heavy atom. The summed E-state index contributed by atoms with van der Waals surface area (Å²) >= 11 is 0. The van der Waals surface area contributed by atoms with Crippen LogP contribution >= 0.6 is 0 Å². The van der Waals surface area contributed by atoms with Crippen molar-refractivity contribution in [3.63, 3.8) is 0 Å². The van der Waals surface area contributed by atoms with Gasteiger partial charge in [-0.2, -0.15) is 0 Å². The van der Waals surface area contributed by atoms with Gasteiger partial charge in [0, 0.05) is 25.2 Å². The monoisotopic (exact) mass is 448 g/mol. The third kappa shape index (κ3) is 5.21. The molecule has 9 heteroatoms. The van der Waals surface area contributed by atoms with Crippen LogP contribution in [0.3, 0.4) is 0 Å². The number of nitro groups is 1. The molecule has 0 saturated carbocycles. The standard InChI is InChI=1S/C24H21FN4O4/c25-20-7-3-4-8-22(20)27-24(31)19-13-18(29(32)33)9-10-21(19)26-23(30)15-28-12-11-16-5-1-2-6-17(16)14-28/h1-10,13H,11-12,14-15H2,(H,26,30)(H,27,31). The first kappa shape index (κ1) is 22.1. The SMILES string of the molecule is O=C(CN1CCc2ccccc2C1)Nc1ccc([N+](=O)[O-])cc1C(=O)Nc1ccccc1F. The minimum Gasteiger partial charge on any atom is -0.324 e. The van der Waals surface area contributed by atoms with Gasteiger partial charge in [-0.1, -0.05) is 36.4 Å². The highest BCUT2D eigenvalue weighted by molar-refractivity contribution is 6.10. The first-order chi connectivity index (χ1) is 15.9. The van der Waals surface area contributed by atoms with Crippen LogP contribution in [0, 0.1) is 15.9 Å². The fourth-order valence-electron chi connectivity index (χ4n) is 3.78. The van der Waals surface area contributed by atoms with Crippen molar-refractivity contribution >= 4 is 28.9 Å². The normalized spacial score (nSPS) is 13.1. The highest BCUT2D eigenvalue weighted by Gasteiger charge is 2.22. The number of benzene rings is 3. The van der Waals surface area contributed by atoms with Gasteiger partial charge in [-0.3, -0.25) is 24.6 Å². The highest BCUT2D eigenvalue weighted by Crippen LogP contribution is 2.25. The van der Waals surface area contributed by atoms with Gasteiger partial charge >= 0.3 is 0 Å². The average Bonchev–Trinajstić information content (AvgIpc) is 2.80. The van der Waals surface area contributed by atoms with Crippen LogP contribution in [0.1, 0.15) is 21.5 Å². The molecular formula is C24H21FN4O4. The summed E-state index contributed by atoms with van der Waals surface area (Å²) in [5.74, 6) is -1.78. The maximum absolute atomic E-state index is 14.0. The molecule has 3 aromatic rings. The van der Waals surface area contributed by atoms with Crippen molar-refractivity contribution in [2.24, 2.45) is 0 Å². The van der Waals surface area contributed by atoms with E-state index in [2.05, 4.69) is 16.7 Å². The van der Waals surface area contributed by atoms with Crippen molar-refractivity contribution in [1.82, 2.24) is 4.90 Å². The first-order valence-corrected chi connectivity index (χ1v) is 10.3. The lowest BCUT2D eigenvalue weighted by Crippen LogP contribution is -2.37. The van der Waals surface area contributed by atoms with Crippen LogP contribution in [0.25, 0.3) is 0 Å². The minimum atomic E-state index is -0.772. The molecule has 0 radical (unpaired) electrons. The third-order valence-electron chi connectivity index (χ3n) is 5.43. The molecule has 0 bridgehead atoms. The number of nitrogens with one attached hydrogen (secondary N) is 2. The summed E-state index contributed by atoms with van der Waals surface area (Å²) in [5, 5.41) is 16.3. The van der Waals surface area contributed by atoms with Crippen molar-refractivity contribution in [3.8, 4) is 0 Å². The summed E-state index contributed by atoms with van der Waals surface area (Å²) in [6.45, 7) is 1.44. The van der Waals surface area contributed by atoms with Crippen LogP contribution in [0.4, 0.5) is 21.5 Å². The lowest BCUT2D eigenvalue weighted by Gasteiger charge is -2.28. The fourth-order valence-corrected chi connectivity index (χ4v) is 3.78. The van der Waals surface area contributed by atoms with Gasteiger partial charge in [0.15, 0.2) is 0 Å². The molecule has 33 heavy (non-hydrogen) atoms. The molecule has 1 aliphatic rings. The van der Waals surface area contributed by atoms with E-state index in [-0.39, 0.29) is 35.1 Å². The molecule has 0 aromatic heterocycles. The molecule has 0 spiro atoms. The second-order valence-electron chi connectivity index (χ2n) is 7.70. The lowest BCUT2D eigenvalue weighted by atomic mass is 10.00. The Morgan fingerprint density at radius 3 is 2.45 bits per heavy atom. The summed E-state index contributed by atoms with van der Waals surface area (Å²) < 4.78 is 14.0. The van der Waals surface area contributed by atoms with E-state index in [1.165, 1.54) is 35.9 Å². The van der Waals surface area contributed by atoms with Crippen molar-refractivity contribution in [2.75, 3.05) is 23.7 Å². The zero-order chi connectivity index (χ0) is 23.4. The average molecular weight is 448 g/mol. The summed E-state index contributed by atoms with van der Waals surface area (Å²) in [7, 11) is 0. The Morgan fingerprint density at radius 2 is 1.70 bits per heavy atom. The zero-order valence-corrected chi connectivity index (χ0v) is 17.6. The number of halogens is 1. The maximum atomic E-state index is 14.0. The molecule has 2 amide bonds. The summed E-state index contributed by atoms with van der Waals surface area (Å²) in [5.41, 5.74) is 2.01. The van der Waals surface area contributed by atoms with Crippen LogP contribution in [-0.4, -0.2) is 34.7 Å². The van der Waals surface area contributed by atoms with Crippen LogP contribution in [0.2, 0.25) is 0 Å². The third-order valence-corrected chi connectivity index (χ3v) is 5.43. The molecule has 4 rings (SSSR count). The molecule has 1 heterocycles. The zero-order valence-electron chi connectivity index (χ0n) is 17.6. The second kappa shape index (κ2) is 9.58. The minimum absolute atomic E-state index is 0.0711. The molecule has 0 aliphatic carbocycles. The van der Waals surface area contributed by atoms with Crippen LogP contribution in [-0.2, 0) is 17.8 Å². The number of carbonyl (C=O) groups excluding carboxylic acids is 2. The van der Waals surface area contributed by atoms with E-state index in [1.54, 1.807) is 6.07 Å². The summed E-state index contributed by atoms with van der Waals surface area (Å²) in [4.78, 5) is 38.1. The molecule has 3 aromatic carbocycles. The molecule has 0 atom stereocenters. The van der Waals surface area contributed by atoms with E-state index < -0.39 is 16.6 Å². The van der Waals surface area contributed by atoms with E-state index in [4.69, 9.17) is 0 Å². The second-order valence-corrected chi connectivity index (χ2v) is 7.70. The fraction of sp³-hybridized carbons (Fsp3) is 0.167. The van der Waals surface area contributed by atoms with Crippen molar-refractivity contribution in [2.45, 2.75) is 13.0 Å². The van der Waals surface area contributed by atoms with Crippen molar-refractivity contribution in [1.29, 1.82) is 0 Å². The Kier molecular flexibility index (Phi) is 6.41. The summed E-state index contributed by atoms with van der Waals surface area (Å²) in [6.07, 6.45) is 0.831. The Labute approximate surface area is 189 Å². The van der Waals surface area contributed by atoms with Crippen LogP contribution < -0.4 is 10.6 Å². The predicted molar refractivity (Wildman–Crippen MR) is 122 cm³/mol. The number of nitro benzene ring substituents is 1. The van der Waals surface area contributed by atoms with E-state index >= 15 is 0 Å². The van der Waals surface area contributed by atoms with E-state index in [0.717, 1.165) is 18.1 Å². The Bertz CT molecular complexity index is 1230. The largest absolute Gasteiger partial charge is 0.324 e. The number of anilines is 2. The number of fused-ring (bicyclic) bond motifs is 1. The number of non-ortho nitro benzene ring substituents is 1. The number of nitrogens with zero attached hydrogens (tertiary/aromatic N) is 2. The van der Waals surface area contributed by atoms with Gasteiger partial charge in [0.1, 0.15) is 5.82 Å². The Hall–Kier alpha value is -4.11. The van der Waals surface area contributed by atoms with Gasteiger partial charge in [-0.15, -0.1) is 0 Å². The molecule has 1 aliphatic heterocycles. The van der Waals surface area contributed by atoms with Crippen LogP contribution in [0.15, 0.2) is 66.7 Å². The van der Waals surface area contributed by atoms with Gasteiger partial charge in [0.25, 0.3) is 11.6 Å². The quantitative estimate of drug-likeness (QED) is 0.438. The van der Waals surface area contributed by atoms with Crippen LogP contribution in [0.5, 0.6) is 0 Å². The van der Waals surface area contributed by atoms with Gasteiger partial charge in [0.05, 0.1) is 28.4 Å². The summed E-state index contributed by atoms with van der Waals surface area (Å²) in [6, 6.07) is 17.2. The first-order valence-electron chi connectivity index (χ1n) is 10.3. The smallest absolute Gasteiger partial charge is 0.270 e.